The lowest BCUT2D eigenvalue weighted by molar-refractivity contribution is 0.0231. The molecule has 1 N–H and O–H groups in total. The molecule has 0 aliphatic carbocycles. The van der Waals surface area contributed by atoms with E-state index in [1.807, 2.05) is 27.8 Å². The van der Waals surface area contributed by atoms with Crippen LogP contribution in [0.15, 0.2) is 11.3 Å². The van der Waals surface area contributed by atoms with E-state index in [4.69, 9.17) is 21.7 Å². The van der Waals surface area contributed by atoms with Gasteiger partial charge in [-0.3, -0.25) is 0 Å². The predicted molar refractivity (Wildman–Crippen MR) is 93.5 cm³/mol. The Bertz CT molecular complexity index is 493. The normalized spacial score (nSPS) is 19.7. The van der Waals surface area contributed by atoms with E-state index in [2.05, 4.69) is 10.2 Å². The number of nitrogens with one attached hydrogen (secondary N) is 1. The van der Waals surface area contributed by atoms with Crippen LogP contribution in [0.5, 0.6) is 0 Å². The molecule has 23 heavy (non-hydrogen) atoms. The Morgan fingerprint density at radius 3 is 2.48 bits per heavy atom. The van der Waals surface area contributed by atoms with Crippen molar-refractivity contribution in [3.05, 3.63) is 11.3 Å². The first kappa shape index (κ1) is 18.0. The van der Waals surface area contributed by atoms with Gasteiger partial charge in [0.05, 0.1) is 19.8 Å². The maximum atomic E-state index is 12.3. The second-order valence-corrected chi connectivity index (χ2v) is 7.16. The van der Waals surface area contributed by atoms with Gasteiger partial charge in [-0.15, -0.1) is 0 Å². The summed E-state index contributed by atoms with van der Waals surface area (Å²) in [5, 5.41) is 3.05. The van der Waals surface area contributed by atoms with Crippen LogP contribution in [0.25, 0.3) is 0 Å². The summed E-state index contributed by atoms with van der Waals surface area (Å²) in [7, 11) is 1.82. The molecule has 0 unspecified atom stereocenters. The lowest BCUT2D eigenvalue weighted by Gasteiger charge is -2.38. The number of nitrogens with zero attached hydrogens (tertiary/aromatic N) is 2. The first-order valence-electron chi connectivity index (χ1n) is 8.06. The second-order valence-electron chi connectivity index (χ2n) is 6.76. The molecule has 7 heteroatoms. The number of morpholine rings is 1. The molecule has 130 valence electrons. The fourth-order valence-corrected chi connectivity index (χ4v) is 2.95. The summed E-state index contributed by atoms with van der Waals surface area (Å²) < 4.78 is 10.9. The van der Waals surface area contributed by atoms with Crippen LogP contribution in [0.1, 0.15) is 27.2 Å². The molecule has 0 radical (unpaired) electrons. The Morgan fingerprint density at radius 2 is 1.91 bits per heavy atom. The van der Waals surface area contributed by atoms with E-state index >= 15 is 0 Å². The molecule has 0 aromatic heterocycles. The van der Waals surface area contributed by atoms with Gasteiger partial charge in [-0.25, -0.2) is 4.79 Å². The smallest absolute Gasteiger partial charge is 0.410 e. The number of hydrogen-bond donors (Lipinski definition) is 1. The van der Waals surface area contributed by atoms with E-state index in [0.717, 1.165) is 38.3 Å². The first-order valence-corrected chi connectivity index (χ1v) is 8.47. The number of carbonyl (C=O) groups is 1. The summed E-state index contributed by atoms with van der Waals surface area (Å²) >= 11 is 5.47. The molecule has 1 saturated heterocycles. The molecule has 0 aromatic rings. The molecule has 0 bridgehead atoms. The van der Waals surface area contributed by atoms with Crippen LogP contribution in [-0.2, 0) is 9.47 Å². The molecule has 2 rings (SSSR count). The average Bonchev–Trinajstić information content (AvgIpc) is 2.52. The van der Waals surface area contributed by atoms with E-state index in [1.54, 1.807) is 4.90 Å². The first-order chi connectivity index (χ1) is 10.8. The Kier molecular flexibility index (Phi) is 5.86. The van der Waals surface area contributed by atoms with Gasteiger partial charge >= 0.3 is 6.09 Å². The van der Waals surface area contributed by atoms with Crippen LogP contribution < -0.4 is 5.32 Å². The van der Waals surface area contributed by atoms with Gasteiger partial charge in [-0.2, -0.15) is 0 Å². The SMILES string of the molecule is CNC(=S)C1=C(N2CCOCC2)CCN(C(=O)OC(C)(C)C)C1. The Labute approximate surface area is 143 Å². The molecule has 2 aliphatic rings. The zero-order chi connectivity index (χ0) is 17.0. The monoisotopic (exact) mass is 341 g/mol. The lowest BCUT2D eigenvalue weighted by Crippen LogP contribution is -2.46. The highest BCUT2D eigenvalue weighted by molar-refractivity contribution is 7.80. The Balaban J connectivity index is 2.16. The zero-order valence-corrected chi connectivity index (χ0v) is 15.3. The van der Waals surface area contributed by atoms with Crippen molar-refractivity contribution in [1.29, 1.82) is 0 Å². The molecule has 1 amide bonds. The highest BCUT2D eigenvalue weighted by Crippen LogP contribution is 2.24. The standard InChI is InChI=1S/C16H27N3O3S/c1-16(2,3)22-15(20)19-6-5-13(12(11-19)14(23)17-4)18-7-9-21-10-8-18/h5-11H2,1-4H3,(H,17,23). The summed E-state index contributed by atoms with van der Waals surface area (Å²) in [6.07, 6.45) is 0.506. The topological polar surface area (TPSA) is 54.0 Å². The largest absolute Gasteiger partial charge is 0.444 e. The quantitative estimate of drug-likeness (QED) is 0.773. The average molecular weight is 341 g/mol. The number of rotatable bonds is 2. The van der Waals surface area contributed by atoms with Crippen LogP contribution in [0.3, 0.4) is 0 Å². The van der Waals surface area contributed by atoms with Gasteiger partial charge in [0.25, 0.3) is 0 Å². The van der Waals surface area contributed by atoms with Gasteiger partial charge < -0.3 is 24.6 Å². The van der Waals surface area contributed by atoms with E-state index in [-0.39, 0.29) is 6.09 Å². The van der Waals surface area contributed by atoms with Gasteiger partial charge in [0.15, 0.2) is 0 Å². The van der Waals surface area contributed by atoms with Crippen molar-refractivity contribution in [2.45, 2.75) is 32.8 Å². The van der Waals surface area contributed by atoms with Crippen LogP contribution in [0.4, 0.5) is 4.79 Å². The summed E-state index contributed by atoms with van der Waals surface area (Å²) in [6.45, 7) is 9.99. The van der Waals surface area contributed by atoms with Gasteiger partial charge in [0, 0.05) is 44.4 Å². The summed E-state index contributed by atoms with van der Waals surface area (Å²) in [5.74, 6) is 0. The van der Waals surface area contributed by atoms with Crippen LogP contribution >= 0.6 is 12.2 Å². The maximum Gasteiger partial charge on any atom is 0.410 e. The van der Waals surface area contributed by atoms with Gasteiger partial charge in [-0.1, -0.05) is 12.2 Å². The third kappa shape index (κ3) is 4.81. The fraction of sp³-hybridized carbons (Fsp3) is 0.750. The number of carbonyl (C=O) groups excluding carboxylic acids is 1. The van der Waals surface area contributed by atoms with E-state index in [0.29, 0.717) is 18.1 Å². The third-order valence-corrected chi connectivity index (χ3v) is 4.31. The number of hydrogen-bond acceptors (Lipinski definition) is 5. The second kappa shape index (κ2) is 7.49. The van der Waals surface area contributed by atoms with Gasteiger partial charge in [0.1, 0.15) is 10.6 Å². The van der Waals surface area contributed by atoms with Gasteiger partial charge in [-0.05, 0) is 20.8 Å². The molecule has 2 heterocycles. The van der Waals surface area contributed by atoms with Crippen LogP contribution in [0, 0.1) is 0 Å². The fourth-order valence-electron chi connectivity index (χ4n) is 2.77. The van der Waals surface area contributed by atoms with E-state index in [1.165, 1.54) is 5.70 Å². The van der Waals surface area contributed by atoms with Crippen LogP contribution in [-0.4, -0.2) is 72.9 Å². The van der Waals surface area contributed by atoms with E-state index < -0.39 is 5.60 Å². The highest BCUT2D eigenvalue weighted by Gasteiger charge is 2.30. The van der Waals surface area contributed by atoms with E-state index in [9.17, 15) is 4.79 Å². The Morgan fingerprint density at radius 1 is 1.26 bits per heavy atom. The molecule has 0 saturated carbocycles. The minimum Gasteiger partial charge on any atom is -0.444 e. The molecule has 0 atom stereocenters. The summed E-state index contributed by atoms with van der Waals surface area (Å²) in [4.78, 5) is 17.1. The molecule has 0 spiro atoms. The van der Waals surface area contributed by atoms with Crippen LogP contribution in [0.2, 0.25) is 0 Å². The molecule has 6 nitrogen and oxygen atoms in total. The van der Waals surface area contributed by atoms with Crippen molar-refractivity contribution in [2.24, 2.45) is 0 Å². The third-order valence-electron chi connectivity index (χ3n) is 3.86. The van der Waals surface area contributed by atoms with Crippen molar-refractivity contribution >= 4 is 23.3 Å². The number of likely N-dealkylation sites (N-methyl/N-ethyl adjacent to an activating group) is 1. The van der Waals surface area contributed by atoms with Crippen molar-refractivity contribution in [3.8, 4) is 0 Å². The van der Waals surface area contributed by atoms with Crippen molar-refractivity contribution in [3.63, 3.8) is 0 Å². The highest BCUT2D eigenvalue weighted by atomic mass is 32.1. The minimum atomic E-state index is -0.491. The number of ether oxygens (including phenoxy) is 2. The summed E-state index contributed by atoms with van der Waals surface area (Å²) in [5.41, 5.74) is 1.75. The predicted octanol–water partition coefficient (Wildman–Crippen LogP) is 1.76. The molecular weight excluding hydrogens is 314 g/mol. The molecule has 0 aromatic carbocycles. The number of thiocarbonyl (C=S) groups is 1. The minimum absolute atomic E-state index is 0.282. The molecule has 2 aliphatic heterocycles. The van der Waals surface area contributed by atoms with Crippen molar-refractivity contribution < 1.29 is 14.3 Å². The number of amides is 1. The Hall–Kier alpha value is -1.34. The lowest BCUT2D eigenvalue weighted by atomic mass is 10.0. The molecule has 1 fully saturated rings. The zero-order valence-electron chi connectivity index (χ0n) is 14.5. The van der Waals surface area contributed by atoms with Crippen molar-refractivity contribution in [1.82, 2.24) is 15.1 Å². The van der Waals surface area contributed by atoms with Crippen molar-refractivity contribution in [2.75, 3.05) is 46.4 Å². The van der Waals surface area contributed by atoms with Gasteiger partial charge in [0.2, 0.25) is 0 Å². The summed E-state index contributed by atoms with van der Waals surface area (Å²) in [6, 6.07) is 0. The molecular formula is C16H27N3O3S. The maximum absolute atomic E-state index is 12.3.